The normalized spacial score (nSPS) is 13.0. The maximum absolute atomic E-state index is 4.32. The first-order valence-electron chi connectivity index (χ1n) is 5.32. The van der Waals surface area contributed by atoms with Crippen LogP contribution in [-0.2, 0) is 0 Å². The van der Waals surface area contributed by atoms with E-state index in [4.69, 9.17) is 0 Å². The van der Waals surface area contributed by atoms with Crippen molar-refractivity contribution in [1.82, 2.24) is 14.7 Å². The second-order valence-corrected chi connectivity index (χ2v) is 5.74. The Hall–Kier alpha value is -0.130. The molecular weight excluding hydrogens is 226 g/mol. The van der Waals surface area contributed by atoms with E-state index < -0.39 is 0 Å². The summed E-state index contributed by atoms with van der Waals surface area (Å²) in [6.45, 7) is 4.16. The van der Waals surface area contributed by atoms with Crippen LogP contribution in [0.1, 0.15) is 32.0 Å². The zero-order valence-corrected chi connectivity index (χ0v) is 11.2. The molecule has 1 N–H and O–H groups in total. The second-order valence-electron chi connectivity index (χ2n) is 3.64. The summed E-state index contributed by atoms with van der Waals surface area (Å²) in [5.41, 5.74) is 0. The number of aromatic nitrogens is 2. The molecule has 1 rings (SSSR count). The van der Waals surface area contributed by atoms with Crippen LogP contribution in [0, 0.1) is 6.92 Å². The third-order valence-electron chi connectivity index (χ3n) is 2.26. The Morgan fingerprint density at radius 3 is 2.87 bits per heavy atom. The van der Waals surface area contributed by atoms with Crippen LogP contribution in [-0.4, -0.2) is 28.2 Å². The van der Waals surface area contributed by atoms with Crippen LogP contribution >= 0.6 is 23.3 Å². The van der Waals surface area contributed by atoms with Crippen molar-refractivity contribution in [3.63, 3.8) is 0 Å². The van der Waals surface area contributed by atoms with Gasteiger partial charge in [-0.2, -0.15) is 4.37 Å². The van der Waals surface area contributed by atoms with Gasteiger partial charge in [0.25, 0.3) is 0 Å². The summed E-state index contributed by atoms with van der Waals surface area (Å²) in [5.74, 6) is 2.05. The summed E-state index contributed by atoms with van der Waals surface area (Å²) in [4.78, 5) is 4.32. The van der Waals surface area contributed by atoms with Gasteiger partial charge >= 0.3 is 0 Å². The highest BCUT2D eigenvalue weighted by atomic mass is 32.2. The molecule has 0 saturated carbocycles. The third-order valence-corrected chi connectivity index (χ3v) is 4.27. The van der Waals surface area contributed by atoms with E-state index in [9.17, 15) is 0 Å². The van der Waals surface area contributed by atoms with E-state index in [-0.39, 0.29) is 0 Å². The minimum Gasteiger partial charge on any atom is -0.317 e. The molecule has 0 amide bonds. The Bertz CT molecular complexity index is 275. The number of nitrogens with one attached hydrogen (secondary N) is 1. The van der Waals surface area contributed by atoms with Gasteiger partial charge in [0, 0.05) is 11.8 Å². The molecule has 0 aliphatic carbocycles. The lowest BCUT2D eigenvalue weighted by Gasteiger charge is -2.08. The average Bonchev–Trinajstić information content (AvgIpc) is 2.63. The first-order valence-corrected chi connectivity index (χ1v) is 7.08. The SMILES string of the molecule is CNC(C)CCCCSc1nc(C)ns1. The van der Waals surface area contributed by atoms with Crippen molar-refractivity contribution in [3.8, 4) is 0 Å². The Balaban J connectivity index is 2.02. The summed E-state index contributed by atoms with van der Waals surface area (Å²) >= 11 is 3.33. The number of rotatable bonds is 7. The Kier molecular flexibility index (Phi) is 6.20. The topological polar surface area (TPSA) is 37.8 Å². The van der Waals surface area contributed by atoms with E-state index in [0.29, 0.717) is 6.04 Å². The van der Waals surface area contributed by atoms with E-state index in [1.165, 1.54) is 30.8 Å². The molecule has 0 radical (unpaired) electrons. The lowest BCUT2D eigenvalue weighted by atomic mass is 10.1. The number of aryl methyl sites for hydroxylation is 1. The fourth-order valence-electron chi connectivity index (χ4n) is 1.19. The van der Waals surface area contributed by atoms with Gasteiger partial charge in [-0.05, 0) is 45.3 Å². The molecule has 1 unspecified atom stereocenters. The Morgan fingerprint density at radius 2 is 2.27 bits per heavy atom. The van der Waals surface area contributed by atoms with Crippen LogP contribution in [0.3, 0.4) is 0 Å². The lowest BCUT2D eigenvalue weighted by Crippen LogP contribution is -2.20. The maximum atomic E-state index is 4.32. The molecule has 0 aliphatic heterocycles. The minimum atomic E-state index is 0.638. The van der Waals surface area contributed by atoms with Gasteiger partial charge in [-0.15, -0.1) is 0 Å². The minimum absolute atomic E-state index is 0.638. The van der Waals surface area contributed by atoms with Gasteiger partial charge in [0.05, 0.1) is 0 Å². The highest BCUT2D eigenvalue weighted by molar-refractivity contribution is 8.00. The highest BCUT2D eigenvalue weighted by Crippen LogP contribution is 2.21. The van der Waals surface area contributed by atoms with Gasteiger partial charge < -0.3 is 5.32 Å². The molecule has 0 saturated heterocycles. The molecule has 0 bridgehead atoms. The quantitative estimate of drug-likeness (QED) is 0.592. The molecule has 1 heterocycles. The number of nitrogens with zero attached hydrogens (tertiary/aromatic N) is 2. The van der Waals surface area contributed by atoms with E-state index in [1.807, 2.05) is 25.7 Å². The molecule has 0 aromatic carbocycles. The van der Waals surface area contributed by atoms with E-state index in [0.717, 1.165) is 15.9 Å². The first-order chi connectivity index (χ1) is 7.22. The molecule has 5 heteroatoms. The van der Waals surface area contributed by atoms with E-state index in [2.05, 4.69) is 21.6 Å². The van der Waals surface area contributed by atoms with Crippen LogP contribution < -0.4 is 5.32 Å². The summed E-state index contributed by atoms with van der Waals surface area (Å²) in [6.07, 6.45) is 3.80. The van der Waals surface area contributed by atoms with Crippen molar-refractivity contribution in [1.29, 1.82) is 0 Å². The maximum Gasteiger partial charge on any atom is 0.170 e. The fourth-order valence-corrected chi connectivity index (χ4v) is 2.91. The molecule has 1 aromatic heterocycles. The number of unbranched alkanes of at least 4 members (excludes halogenated alkanes) is 1. The van der Waals surface area contributed by atoms with Crippen LogP contribution in [0.25, 0.3) is 0 Å². The zero-order valence-electron chi connectivity index (χ0n) is 9.62. The lowest BCUT2D eigenvalue weighted by molar-refractivity contribution is 0.539. The predicted octanol–water partition coefficient (Wildman–Crippen LogP) is 2.72. The molecule has 0 fully saturated rings. The predicted molar refractivity (Wildman–Crippen MR) is 67.7 cm³/mol. The summed E-state index contributed by atoms with van der Waals surface area (Å²) in [5, 5.41) is 3.25. The molecule has 3 nitrogen and oxygen atoms in total. The molecule has 0 aliphatic rings. The smallest absolute Gasteiger partial charge is 0.170 e. The van der Waals surface area contributed by atoms with Gasteiger partial charge in [0.15, 0.2) is 4.34 Å². The standard InChI is InChI=1S/C10H19N3S2/c1-8(11-3)6-4-5-7-14-10-12-9(2)13-15-10/h8,11H,4-7H2,1-3H3. The largest absolute Gasteiger partial charge is 0.317 e. The van der Waals surface area contributed by atoms with Crippen molar-refractivity contribution in [2.75, 3.05) is 12.8 Å². The Morgan fingerprint density at radius 1 is 1.47 bits per heavy atom. The number of hydrogen-bond donors (Lipinski definition) is 1. The molecule has 0 spiro atoms. The van der Waals surface area contributed by atoms with Crippen LogP contribution in [0.5, 0.6) is 0 Å². The van der Waals surface area contributed by atoms with Crippen LogP contribution in [0.15, 0.2) is 4.34 Å². The van der Waals surface area contributed by atoms with Crippen molar-refractivity contribution in [2.24, 2.45) is 0 Å². The van der Waals surface area contributed by atoms with Crippen LogP contribution in [0.4, 0.5) is 0 Å². The third kappa shape index (κ3) is 5.49. The van der Waals surface area contributed by atoms with Gasteiger partial charge in [0.2, 0.25) is 0 Å². The van der Waals surface area contributed by atoms with Gasteiger partial charge in [-0.25, -0.2) is 4.98 Å². The highest BCUT2D eigenvalue weighted by Gasteiger charge is 2.01. The zero-order chi connectivity index (χ0) is 11.1. The van der Waals surface area contributed by atoms with Crippen LogP contribution in [0.2, 0.25) is 0 Å². The summed E-state index contributed by atoms with van der Waals surface area (Å²) in [7, 11) is 2.02. The summed E-state index contributed by atoms with van der Waals surface area (Å²) < 4.78 is 5.26. The molecule has 1 atom stereocenters. The fraction of sp³-hybridized carbons (Fsp3) is 0.800. The summed E-state index contributed by atoms with van der Waals surface area (Å²) in [6, 6.07) is 0.638. The molecular formula is C10H19N3S2. The Labute approximate surface area is 100 Å². The number of thioether (sulfide) groups is 1. The van der Waals surface area contributed by atoms with Gasteiger partial charge in [-0.1, -0.05) is 18.2 Å². The van der Waals surface area contributed by atoms with Crippen molar-refractivity contribution in [2.45, 2.75) is 43.5 Å². The van der Waals surface area contributed by atoms with E-state index in [1.54, 1.807) is 0 Å². The van der Waals surface area contributed by atoms with Crippen molar-refractivity contribution >= 4 is 23.3 Å². The number of hydrogen-bond acceptors (Lipinski definition) is 5. The average molecular weight is 245 g/mol. The van der Waals surface area contributed by atoms with Crippen molar-refractivity contribution < 1.29 is 0 Å². The monoisotopic (exact) mass is 245 g/mol. The molecule has 1 aromatic rings. The van der Waals surface area contributed by atoms with E-state index >= 15 is 0 Å². The molecule has 86 valence electrons. The van der Waals surface area contributed by atoms with Gasteiger partial charge in [0.1, 0.15) is 5.82 Å². The van der Waals surface area contributed by atoms with Gasteiger partial charge in [-0.3, -0.25) is 0 Å². The van der Waals surface area contributed by atoms with Crippen molar-refractivity contribution in [3.05, 3.63) is 5.82 Å². The first kappa shape index (κ1) is 12.9. The second kappa shape index (κ2) is 7.19. The molecule has 15 heavy (non-hydrogen) atoms.